The number of anilines is 1. The highest BCUT2D eigenvalue weighted by molar-refractivity contribution is 5.93. The van der Waals surface area contributed by atoms with Crippen molar-refractivity contribution < 1.29 is 9.32 Å². The number of carbonyl (C=O) groups is 1. The van der Waals surface area contributed by atoms with Crippen molar-refractivity contribution in [3.05, 3.63) is 47.3 Å². The second kappa shape index (κ2) is 11.0. The highest BCUT2D eigenvalue weighted by Gasteiger charge is 2.40. The number of nitrogens with one attached hydrogen (secondary N) is 1. The molecule has 1 amide bonds. The van der Waals surface area contributed by atoms with Gasteiger partial charge in [0.15, 0.2) is 0 Å². The Hall–Kier alpha value is -2.14. The Kier molecular flexibility index (Phi) is 8.71. The summed E-state index contributed by atoms with van der Waals surface area (Å²) >= 11 is 0. The minimum absolute atomic E-state index is 0.0723. The molecule has 1 fully saturated rings. The normalized spacial score (nSPS) is 20.9. The summed E-state index contributed by atoms with van der Waals surface area (Å²) in [5, 5.41) is 7.42. The fourth-order valence-corrected chi connectivity index (χ4v) is 4.00. The van der Waals surface area contributed by atoms with Crippen molar-refractivity contribution in [2.75, 3.05) is 25.5 Å². The van der Waals surface area contributed by atoms with Crippen LogP contribution in [0.5, 0.6) is 0 Å². The lowest BCUT2D eigenvalue weighted by atomic mass is 9.86. The molecule has 0 unspecified atom stereocenters. The first-order chi connectivity index (χ1) is 13.7. The molecule has 2 aliphatic rings. The van der Waals surface area contributed by atoms with Crippen LogP contribution in [0, 0.1) is 5.92 Å². The lowest BCUT2D eigenvalue weighted by Gasteiger charge is -2.18. The lowest BCUT2D eigenvalue weighted by Crippen LogP contribution is -2.28. The number of hydrogen-bond donors (Lipinski definition) is 1. The van der Waals surface area contributed by atoms with Crippen LogP contribution in [0.3, 0.4) is 0 Å². The van der Waals surface area contributed by atoms with E-state index in [0.717, 1.165) is 43.1 Å². The summed E-state index contributed by atoms with van der Waals surface area (Å²) in [5.41, 5.74) is 3.12. The highest BCUT2D eigenvalue weighted by atomic mass is 16.5. The predicted octanol–water partition coefficient (Wildman–Crippen LogP) is 4.89. The number of rotatable bonds is 3. The molecular weight excluding hydrogens is 350 g/mol. The molecule has 1 saturated heterocycles. The Morgan fingerprint density at radius 3 is 2.46 bits per heavy atom. The van der Waals surface area contributed by atoms with Crippen molar-refractivity contribution in [2.45, 2.75) is 59.3 Å². The summed E-state index contributed by atoms with van der Waals surface area (Å²) < 4.78 is 5.58. The third-order valence-electron chi connectivity index (χ3n) is 5.21. The van der Waals surface area contributed by atoms with E-state index in [-0.39, 0.29) is 17.7 Å². The Balaban J connectivity index is 0.000000660. The largest absolute Gasteiger partial charge is 0.361 e. The predicted molar refractivity (Wildman–Crippen MR) is 115 cm³/mol. The fraction of sp³-hybridized carbons (Fsp3) is 0.565. The van der Waals surface area contributed by atoms with E-state index in [1.54, 1.807) is 0 Å². The third-order valence-corrected chi connectivity index (χ3v) is 5.21. The molecule has 4 rings (SSSR count). The number of amides is 1. The third kappa shape index (κ3) is 5.02. The van der Waals surface area contributed by atoms with Gasteiger partial charge in [0.2, 0.25) is 5.91 Å². The summed E-state index contributed by atoms with van der Waals surface area (Å²) in [6.07, 6.45) is 4.36. The van der Waals surface area contributed by atoms with Gasteiger partial charge in [-0.05, 0) is 38.4 Å². The van der Waals surface area contributed by atoms with Crippen LogP contribution in [-0.2, 0) is 17.6 Å². The van der Waals surface area contributed by atoms with Gasteiger partial charge in [-0.25, -0.2) is 0 Å². The molecular formula is C23H35N3O2. The number of aryl methyl sites for hydroxylation is 1. The molecule has 2 aromatic rings. The van der Waals surface area contributed by atoms with Crippen molar-refractivity contribution in [3.63, 3.8) is 0 Å². The van der Waals surface area contributed by atoms with Crippen LogP contribution in [0.15, 0.2) is 34.9 Å². The van der Waals surface area contributed by atoms with E-state index in [9.17, 15) is 4.79 Å². The number of likely N-dealkylation sites (tertiary alicyclic amines) is 1. The Labute approximate surface area is 169 Å². The molecule has 0 saturated carbocycles. The zero-order valence-corrected chi connectivity index (χ0v) is 18.0. The molecule has 1 N–H and O–H groups in total. The topological polar surface area (TPSA) is 58.4 Å². The van der Waals surface area contributed by atoms with Gasteiger partial charge in [-0.15, -0.1) is 0 Å². The van der Waals surface area contributed by atoms with E-state index in [0.29, 0.717) is 0 Å². The van der Waals surface area contributed by atoms with Gasteiger partial charge >= 0.3 is 0 Å². The summed E-state index contributed by atoms with van der Waals surface area (Å²) in [7, 11) is 2.06. The number of nitrogens with zero attached hydrogens (tertiary/aromatic N) is 2. The van der Waals surface area contributed by atoms with Crippen molar-refractivity contribution in [2.24, 2.45) is 5.92 Å². The molecule has 1 aliphatic heterocycles. The lowest BCUT2D eigenvalue weighted by molar-refractivity contribution is -0.119. The minimum Gasteiger partial charge on any atom is -0.361 e. The average Bonchev–Trinajstić information content (AvgIpc) is 3.35. The van der Waals surface area contributed by atoms with E-state index in [1.165, 1.54) is 18.4 Å². The molecule has 2 atom stereocenters. The van der Waals surface area contributed by atoms with Gasteiger partial charge in [0.25, 0.3) is 0 Å². The standard InChI is InChI=1S/C19H23N3O2.2C2H6/c1-22-11-15(18-14-9-5-6-10-17(14)24-21-18)16(12-22)19(23)20-13-7-3-2-4-8-13;2*1-2/h2-4,7-8,15-16H,5-6,9-12H2,1H3,(H,20,23);2*1-2H3/t15-,16-;;/m0../s1. The van der Waals surface area contributed by atoms with Gasteiger partial charge in [0.1, 0.15) is 5.76 Å². The number of carbonyl (C=O) groups excluding carboxylic acids is 1. The molecule has 0 spiro atoms. The van der Waals surface area contributed by atoms with E-state index in [4.69, 9.17) is 4.52 Å². The van der Waals surface area contributed by atoms with Crippen LogP contribution in [0.4, 0.5) is 5.69 Å². The molecule has 5 heteroatoms. The van der Waals surface area contributed by atoms with Crippen molar-refractivity contribution in [1.29, 1.82) is 0 Å². The Bertz CT molecular complexity index is 727. The van der Waals surface area contributed by atoms with Gasteiger partial charge in [0, 0.05) is 36.7 Å². The monoisotopic (exact) mass is 385 g/mol. The smallest absolute Gasteiger partial charge is 0.229 e. The van der Waals surface area contributed by atoms with E-state index < -0.39 is 0 Å². The van der Waals surface area contributed by atoms with Gasteiger partial charge in [0.05, 0.1) is 11.6 Å². The molecule has 1 aliphatic carbocycles. The van der Waals surface area contributed by atoms with Crippen LogP contribution in [0.2, 0.25) is 0 Å². The summed E-state index contributed by atoms with van der Waals surface area (Å²) in [6.45, 7) is 9.61. The molecule has 154 valence electrons. The van der Waals surface area contributed by atoms with Crippen LogP contribution in [-0.4, -0.2) is 36.1 Å². The van der Waals surface area contributed by atoms with Gasteiger partial charge in [-0.2, -0.15) is 0 Å². The van der Waals surface area contributed by atoms with Crippen LogP contribution >= 0.6 is 0 Å². The molecule has 28 heavy (non-hydrogen) atoms. The van der Waals surface area contributed by atoms with Gasteiger partial charge in [-0.3, -0.25) is 4.79 Å². The average molecular weight is 386 g/mol. The second-order valence-electron chi connectivity index (χ2n) is 6.97. The first-order valence-electron chi connectivity index (χ1n) is 10.7. The molecule has 5 nitrogen and oxygen atoms in total. The summed E-state index contributed by atoms with van der Waals surface area (Å²) in [5.74, 6) is 1.13. The molecule has 1 aromatic heterocycles. The molecule has 0 bridgehead atoms. The quantitative estimate of drug-likeness (QED) is 0.817. The fourth-order valence-electron chi connectivity index (χ4n) is 4.00. The van der Waals surface area contributed by atoms with E-state index in [1.807, 2.05) is 58.0 Å². The Morgan fingerprint density at radius 2 is 1.75 bits per heavy atom. The first kappa shape index (κ1) is 22.2. The highest BCUT2D eigenvalue weighted by Crippen LogP contribution is 2.37. The van der Waals surface area contributed by atoms with Crippen LogP contribution < -0.4 is 5.32 Å². The second-order valence-corrected chi connectivity index (χ2v) is 6.97. The van der Waals surface area contributed by atoms with E-state index in [2.05, 4.69) is 22.4 Å². The summed E-state index contributed by atoms with van der Waals surface area (Å²) in [4.78, 5) is 15.0. The maximum absolute atomic E-state index is 12.8. The number of fused-ring (bicyclic) bond motifs is 1. The number of likely N-dealkylation sites (N-methyl/N-ethyl adjacent to an activating group) is 1. The molecule has 2 heterocycles. The zero-order chi connectivity index (χ0) is 20.5. The van der Waals surface area contributed by atoms with Crippen molar-refractivity contribution in [1.82, 2.24) is 10.1 Å². The number of hydrogen-bond acceptors (Lipinski definition) is 4. The number of aromatic nitrogens is 1. The van der Waals surface area contributed by atoms with Gasteiger partial charge < -0.3 is 14.7 Å². The van der Waals surface area contributed by atoms with Crippen LogP contribution in [0.1, 0.15) is 63.5 Å². The molecule has 1 aromatic carbocycles. The molecule has 0 radical (unpaired) electrons. The van der Waals surface area contributed by atoms with Crippen LogP contribution in [0.25, 0.3) is 0 Å². The number of benzene rings is 1. The summed E-state index contributed by atoms with van der Waals surface area (Å²) in [6, 6.07) is 9.65. The van der Waals surface area contributed by atoms with Crippen molar-refractivity contribution in [3.8, 4) is 0 Å². The maximum atomic E-state index is 12.8. The minimum atomic E-state index is -0.0914. The van der Waals surface area contributed by atoms with Gasteiger partial charge in [-0.1, -0.05) is 51.1 Å². The van der Waals surface area contributed by atoms with E-state index >= 15 is 0 Å². The van der Waals surface area contributed by atoms with Crippen molar-refractivity contribution >= 4 is 11.6 Å². The number of para-hydroxylation sites is 1. The SMILES string of the molecule is CC.CC.CN1C[C@H](C(=O)Nc2ccccc2)[C@@H](c2noc3c2CCCC3)C1. The zero-order valence-electron chi connectivity index (χ0n) is 18.0. The Morgan fingerprint density at radius 1 is 1.07 bits per heavy atom. The maximum Gasteiger partial charge on any atom is 0.229 e. The first-order valence-corrected chi connectivity index (χ1v) is 10.7.